The maximum Gasteiger partial charge on any atom is 0.222 e. The van der Waals surface area contributed by atoms with Crippen LogP contribution in [0.1, 0.15) is 32.1 Å². The fourth-order valence-corrected chi connectivity index (χ4v) is 5.39. The summed E-state index contributed by atoms with van der Waals surface area (Å²) < 4.78 is 5.26. The molecule has 9 nitrogen and oxygen atoms in total. The molecule has 4 heterocycles. The fourth-order valence-electron chi connectivity index (χ4n) is 5.39. The number of aromatic nitrogens is 4. The van der Waals surface area contributed by atoms with Crippen molar-refractivity contribution in [2.45, 2.75) is 32.1 Å². The van der Waals surface area contributed by atoms with E-state index in [9.17, 15) is 4.79 Å². The van der Waals surface area contributed by atoms with E-state index in [1.807, 2.05) is 30.3 Å². The molecule has 35 heavy (non-hydrogen) atoms. The molecule has 2 atom stereocenters. The van der Waals surface area contributed by atoms with E-state index in [2.05, 4.69) is 25.5 Å². The van der Waals surface area contributed by atoms with Crippen LogP contribution in [0, 0.1) is 11.3 Å². The molecule has 0 radical (unpaired) electrons. The monoisotopic (exact) mass is 473 g/mol. The van der Waals surface area contributed by atoms with E-state index >= 15 is 0 Å². The minimum atomic E-state index is 0.0985. The predicted octanol–water partition coefficient (Wildman–Crippen LogP) is 3.82. The van der Waals surface area contributed by atoms with Crippen LogP contribution in [0.2, 0.25) is 0 Å². The van der Waals surface area contributed by atoms with Gasteiger partial charge in [0, 0.05) is 56.1 Å². The van der Waals surface area contributed by atoms with Gasteiger partial charge in [-0.3, -0.25) is 9.78 Å². The molecule has 1 spiro atoms. The first-order valence-electron chi connectivity index (χ1n) is 12.1. The van der Waals surface area contributed by atoms with Crippen LogP contribution in [-0.2, 0) is 4.79 Å². The van der Waals surface area contributed by atoms with Crippen molar-refractivity contribution in [2.24, 2.45) is 11.3 Å². The van der Waals surface area contributed by atoms with Gasteiger partial charge in [-0.05, 0) is 49.3 Å². The average Bonchev–Trinajstić information content (AvgIpc) is 3.31. The zero-order chi connectivity index (χ0) is 24.3. The normalized spacial score (nSPS) is 21.7. The quantitative estimate of drug-likeness (QED) is 0.557. The number of nitrogens with one attached hydrogen (secondary N) is 2. The number of carbonyl (C=O) groups excluding carboxylic acids is 1. The lowest BCUT2D eigenvalue weighted by Crippen LogP contribution is -2.38. The van der Waals surface area contributed by atoms with Crippen molar-refractivity contribution in [1.29, 1.82) is 0 Å². The number of nitrogens with zero attached hydrogens (tertiary/aromatic N) is 5. The molecule has 5 rings (SSSR count). The maximum atomic E-state index is 12.3. The Balaban J connectivity index is 1.44. The molecule has 3 aromatic rings. The van der Waals surface area contributed by atoms with E-state index in [0.29, 0.717) is 23.3 Å². The summed E-state index contributed by atoms with van der Waals surface area (Å²) in [5.74, 6) is 3.56. The van der Waals surface area contributed by atoms with Crippen molar-refractivity contribution in [3.63, 3.8) is 0 Å². The molecule has 2 N–H and O–H groups in total. The summed E-state index contributed by atoms with van der Waals surface area (Å²) in [5, 5.41) is 6.16. The number of pyridine rings is 2. The predicted molar refractivity (Wildman–Crippen MR) is 135 cm³/mol. The summed E-state index contributed by atoms with van der Waals surface area (Å²) in [7, 11) is 3.33. The molecular formula is C26H31N7O2. The zero-order valence-electron chi connectivity index (χ0n) is 20.2. The maximum absolute atomic E-state index is 12.3. The molecule has 1 aliphatic carbocycles. The lowest BCUT2D eigenvalue weighted by atomic mass is 9.69. The number of rotatable bonds is 6. The van der Waals surface area contributed by atoms with Gasteiger partial charge in [-0.2, -0.15) is 4.98 Å². The molecule has 9 heteroatoms. The van der Waals surface area contributed by atoms with Crippen molar-refractivity contribution in [3.05, 3.63) is 48.8 Å². The molecule has 2 unspecified atom stereocenters. The number of carbonyl (C=O) groups is 1. The Morgan fingerprint density at radius 3 is 2.86 bits per heavy atom. The number of hydrogen-bond acceptors (Lipinski definition) is 8. The van der Waals surface area contributed by atoms with Crippen LogP contribution in [0.3, 0.4) is 0 Å². The summed E-state index contributed by atoms with van der Waals surface area (Å²) in [6.45, 7) is 1.79. The van der Waals surface area contributed by atoms with E-state index in [-0.39, 0.29) is 17.2 Å². The number of amides is 1. The van der Waals surface area contributed by atoms with E-state index in [4.69, 9.17) is 14.7 Å². The van der Waals surface area contributed by atoms with Gasteiger partial charge >= 0.3 is 0 Å². The Bertz CT molecular complexity index is 1190. The summed E-state index contributed by atoms with van der Waals surface area (Å²) >= 11 is 0. The van der Waals surface area contributed by atoms with Crippen LogP contribution >= 0.6 is 0 Å². The Morgan fingerprint density at radius 1 is 1.14 bits per heavy atom. The SMILES string of the molecule is CNC(=O)C1CCCC2(CCN(c3cc(Nc4cccc(OC)n4)nc(-c4cccnc4)n3)C2)C1. The van der Waals surface area contributed by atoms with Crippen LogP contribution in [0.15, 0.2) is 48.8 Å². The first-order valence-corrected chi connectivity index (χ1v) is 12.1. The molecule has 0 bridgehead atoms. The van der Waals surface area contributed by atoms with Gasteiger partial charge in [-0.15, -0.1) is 0 Å². The molecular weight excluding hydrogens is 442 g/mol. The first-order chi connectivity index (χ1) is 17.1. The molecule has 0 aromatic carbocycles. The zero-order valence-corrected chi connectivity index (χ0v) is 20.2. The van der Waals surface area contributed by atoms with Gasteiger partial charge < -0.3 is 20.3 Å². The van der Waals surface area contributed by atoms with Crippen LogP contribution in [0.4, 0.5) is 17.5 Å². The molecule has 3 aromatic heterocycles. The van der Waals surface area contributed by atoms with Gasteiger partial charge in [-0.1, -0.05) is 12.5 Å². The van der Waals surface area contributed by atoms with Crippen molar-refractivity contribution in [3.8, 4) is 17.3 Å². The topological polar surface area (TPSA) is 105 Å². The fraction of sp³-hybridized carbons (Fsp3) is 0.423. The van der Waals surface area contributed by atoms with E-state index in [1.165, 1.54) is 0 Å². The Kier molecular flexibility index (Phi) is 6.48. The number of anilines is 3. The third-order valence-electron chi connectivity index (χ3n) is 7.14. The van der Waals surface area contributed by atoms with Crippen molar-refractivity contribution < 1.29 is 9.53 Å². The van der Waals surface area contributed by atoms with Gasteiger partial charge in [0.15, 0.2) is 5.82 Å². The Morgan fingerprint density at radius 2 is 2.06 bits per heavy atom. The standard InChI is InChI=1S/C26H31N7O2/c1-27-25(34)18-6-4-10-26(15-18)11-13-33(17-26)22-14-21(29-20-8-3-9-23(30-20)35-2)31-24(32-22)19-7-5-12-28-16-19/h3,5,7-9,12,14,16,18H,4,6,10-11,13,15,17H2,1-2H3,(H,27,34)(H,29,30,31,32). The summed E-state index contributed by atoms with van der Waals surface area (Å²) in [5.41, 5.74) is 0.999. The van der Waals surface area contributed by atoms with E-state index in [1.54, 1.807) is 32.6 Å². The third-order valence-corrected chi connectivity index (χ3v) is 7.14. The highest BCUT2D eigenvalue weighted by Gasteiger charge is 2.43. The average molecular weight is 474 g/mol. The van der Waals surface area contributed by atoms with Crippen LogP contribution in [0.25, 0.3) is 11.4 Å². The van der Waals surface area contributed by atoms with Crippen LogP contribution in [0.5, 0.6) is 5.88 Å². The summed E-state index contributed by atoms with van der Waals surface area (Å²) in [6.07, 6.45) is 8.72. The molecule has 1 aliphatic heterocycles. The molecule has 1 saturated heterocycles. The Hall–Kier alpha value is -3.75. The van der Waals surface area contributed by atoms with Crippen molar-refractivity contribution in [1.82, 2.24) is 25.3 Å². The van der Waals surface area contributed by atoms with E-state index in [0.717, 1.165) is 56.6 Å². The van der Waals surface area contributed by atoms with Gasteiger partial charge in [0.2, 0.25) is 11.8 Å². The lowest BCUT2D eigenvalue weighted by Gasteiger charge is -2.37. The number of hydrogen-bond donors (Lipinski definition) is 2. The first kappa shape index (κ1) is 23.0. The second-order valence-corrected chi connectivity index (χ2v) is 9.45. The number of ether oxygens (including phenoxy) is 1. The highest BCUT2D eigenvalue weighted by atomic mass is 16.5. The lowest BCUT2D eigenvalue weighted by molar-refractivity contribution is -0.126. The molecule has 2 fully saturated rings. The highest BCUT2D eigenvalue weighted by Crippen LogP contribution is 2.47. The van der Waals surface area contributed by atoms with Gasteiger partial charge in [0.1, 0.15) is 17.5 Å². The Labute approximate surface area is 205 Å². The smallest absolute Gasteiger partial charge is 0.222 e. The largest absolute Gasteiger partial charge is 0.481 e. The molecule has 2 aliphatic rings. The minimum absolute atomic E-state index is 0.0985. The van der Waals surface area contributed by atoms with E-state index < -0.39 is 0 Å². The summed E-state index contributed by atoms with van der Waals surface area (Å²) in [4.78, 5) is 33.1. The minimum Gasteiger partial charge on any atom is -0.481 e. The van der Waals surface area contributed by atoms with Gasteiger partial charge in [0.25, 0.3) is 0 Å². The third kappa shape index (κ3) is 5.03. The highest BCUT2D eigenvalue weighted by molar-refractivity contribution is 5.78. The van der Waals surface area contributed by atoms with Crippen LogP contribution < -0.4 is 20.3 Å². The van der Waals surface area contributed by atoms with Crippen molar-refractivity contribution >= 4 is 23.4 Å². The number of methoxy groups -OCH3 is 1. The second-order valence-electron chi connectivity index (χ2n) is 9.45. The molecule has 1 saturated carbocycles. The van der Waals surface area contributed by atoms with Gasteiger partial charge in [0.05, 0.1) is 7.11 Å². The molecule has 182 valence electrons. The molecule has 1 amide bonds. The van der Waals surface area contributed by atoms with Gasteiger partial charge in [-0.25, -0.2) is 9.97 Å². The van der Waals surface area contributed by atoms with Crippen LogP contribution in [-0.4, -0.2) is 53.1 Å². The second kappa shape index (κ2) is 9.85. The van der Waals surface area contributed by atoms with Crippen molar-refractivity contribution in [2.75, 3.05) is 37.5 Å². The summed E-state index contributed by atoms with van der Waals surface area (Å²) in [6, 6.07) is 11.4.